The van der Waals surface area contributed by atoms with Gasteiger partial charge >= 0.3 is 29.6 Å². The van der Waals surface area contributed by atoms with Crippen molar-refractivity contribution in [3.63, 3.8) is 0 Å². The molecular formula is C17H16F11NO. The number of halogens is 11. The van der Waals surface area contributed by atoms with Crippen molar-refractivity contribution in [1.82, 2.24) is 0 Å². The van der Waals surface area contributed by atoms with E-state index in [-0.39, 0.29) is 5.69 Å². The first-order chi connectivity index (χ1) is 13.1. The maximum Gasteiger partial charge on any atom is 0.384 e. The van der Waals surface area contributed by atoms with Gasteiger partial charge in [0.05, 0.1) is 5.60 Å². The lowest BCUT2D eigenvalue weighted by Crippen LogP contribution is -2.84. The molecule has 0 heterocycles. The van der Waals surface area contributed by atoms with Crippen LogP contribution in [0.1, 0.15) is 18.9 Å². The van der Waals surface area contributed by atoms with Crippen molar-refractivity contribution in [3.8, 4) is 0 Å². The van der Waals surface area contributed by atoms with E-state index in [1.165, 1.54) is 25.1 Å². The molecule has 13 heteroatoms. The van der Waals surface area contributed by atoms with Crippen molar-refractivity contribution < 1.29 is 53.4 Å². The van der Waals surface area contributed by atoms with E-state index in [0.717, 1.165) is 18.2 Å². The summed E-state index contributed by atoms with van der Waals surface area (Å²) in [5.74, 6) is -35.6. The maximum atomic E-state index is 14.9. The van der Waals surface area contributed by atoms with E-state index >= 15 is 0 Å². The number of alkyl halides is 11. The summed E-state index contributed by atoms with van der Waals surface area (Å²) in [7, 11) is 2.91. The zero-order chi connectivity index (χ0) is 23.8. The third-order valence-corrected chi connectivity index (χ3v) is 5.14. The minimum absolute atomic E-state index is 0.213. The Balaban J connectivity index is 2.70. The molecule has 1 aliphatic carbocycles. The van der Waals surface area contributed by atoms with Crippen LogP contribution in [0.5, 0.6) is 0 Å². The van der Waals surface area contributed by atoms with Gasteiger partial charge in [0.2, 0.25) is 0 Å². The quantitative estimate of drug-likeness (QED) is 0.622. The number of aliphatic hydroxyl groups is 1. The lowest BCUT2D eigenvalue weighted by molar-refractivity contribution is -0.488. The second kappa shape index (κ2) is 6.36. The van der Waals surface area contributed by atoms with Gasteiger partial charge in [0.15, 0.2) is 0 Å². The molecule has 0 bridgehead atoms. The van der Waals surface area contributed by atoms with Gasteiger partial charge in [-0.2, -0.15) is 43.9 Å². The highest BCUT2D eigenvalue weighted by molar-refractivity contribution is 5.48. The first-order valence-electron chi connectivity index (χ1n) is 8.20. The number of anilines is 1. The van der Waals surface area contributed by atoms with Crippen molar-refractivity contribution in [2.45, 2.75) is 54.2 Å². The predicted molar refractivity (Wildman–Crippen MR) is 83.5 cm³/mol. The largest absolute Gasteiger partial charge is 0.385 e. The Bertz CT molecular complexity index is 790. The van der Waals surface area contributed by atoms with Crippen molar-refractivity contribution in [1.29, 1.82) is 0 Å². The van der Waals surface area contributed by atoms with E-state index in [1.807, 2.05) is 0 Å². The molecule has 0 aromatic heterocycles. The molecule has 2 nitrogen and oxygen atoms in total. The molecule has 1 aromatic carbocycles. The van der Waals surface area contributed by atoms with Crippen molar-refractivity contribution >= 4 is 5.69 Å². The minimum atomic E-state index is -7.28. The molecule has 1 aliphatic rings. The molecule has 2 rings (SSSR count). The molecule has 1 fully saturated rings. The monoisotopic (exact) mass is 459 g/mol. The summed E-state index contributed by atoms with van der Waals surface area (Å²) in [5, 5.41) is 10.3. The van der Waals surface area contributed by atoms with Gasteiger partial charge in [-0.05, 0) is 24.6 Å². The van der Waals surface area contributed by atoms with Crippen LogP contribution in [0.3, 0.4) is 0 Å². The van der Waals surface area contributed by atoms with Crippen LogP contribution in [-0.2, 0) is 5.60 Å². The van der Waals surface area contributed by atoms with Crippen molar-refractivity contribution in [3.05, 3.63) is 29.8 Å². The number of rotatable bonds is 4. The van der Waals surface area contributed by atoms with E-state index in [4.69, 9.17) is 0 Å². The van der Waals surface area contributed by atoms with Gasteiger partial charge in [-0.25, -0.2) is 4.39 Å². The number of hydrogen-bond donors (Lipinski definition) is 1. The molecule has 0 amide bonds. The summed E-state index contributed by atoms with van der Waals surface area (Å²) in [4.78, 5) is 1.37. The summed E-state index contributed by atoms with van der Waals surface area (Å²) >= 11 is 0. The zero-order valence-corrected chi connectivity index (χ0v) is 15.6. The van der Waals surface area contributed by atoms with Crippen LogP contribution in [0.25, 0.3) is 0 Å². The van der Waals surface area contributed by atoms with Gasteiger partial charge in [0, 0.05) is 26.2 Å². The second-order valence-corrected chi connectivity index (χ2v) is 7.57. The van der Waals surface area contributed by atoms with Crippen molar-refractivity contribution in [2.75, 3.05) is 19.0 Å². The third-order valence-electron chi connectivity index (χ3n) is 5.14. The maximum absolute atomic E-state index is 14.9. The molecule has 0 saturated heterocycles. The van der Waals surface area contributed by atoms with Crippen LogP contribution in [0, 0.1) is 0 Å². The fourth-order valence-corrected chi connectivity index (χ4v) is 3.20. The Labute approximate surface area is 163 Å². The zero-order valence-electron chi connectivity index (χ0n) is 15.6. The molecule has 30 heavy (non-hydrogen) atoms. The van der Waals surface area contributed by atoms with Gasteiger partial charge in [-0.15, -0.1) is 0 Å². The van der Waals surface area contributed by atoms with E-state index in [2.05, 4.69) is 0 Å². The van der Waals surface area contributed by atoms with E-state index < -0.39 is 52.9 Å². The highest BCUT2D eigenvalue weighted by Gasteiger charge is 3.01. The standard InChI is InChI=1S/C17H16F11NO/c1-11(30,9-5-4-6-10(7-9)29(2)3)8-12(18)13(19,20)15(23,24)17(27,28)16(25,26)14(12,21)22/h4-7,30H,8H2,1-3H3. The van der Waals surface area contributed by atoms with Gasteiger partial charge < -0.3 is 10.0 Å². The third kappa shape index (κ3) is 2.72. The van der Waals surface area contributed by atoms with Gasteiger partial charge in [0.1, 0.15) is 0 Å². The minimum Gasteiger partial charge on any atom is -0.385 e. The Hall–Kier alpha value is -1.79. The Kier molecular flexibility index (Phi) is 5.19. The molecular weight excluding hydrogens is 443 g/mol. The van der Waals surface area contributed by atoms with Crippen LogP contribution >= 0.6 is 0 Å². The number of benzene rings is 1. The molecule has 0 aliphatic heterocycles. The average molecular weight is 459 g/mol. The van der Waals surface area contributed by atoms with Crippen molar-refractivity contribution in [2.24, 2.45) is 0 Å². The molecule has 0 radical (unpaired) electrons. The summed E-state index contributed by atoms with van der Waals surface area (Å²) in [6, 6.07) is 4.39. The molecule has 1 saturated carbocycles. The van der Waals surface area contributed by atoms with E-state index in [0.29, 0.717) is 6.92 Å². The van der Waals surface area contributed by atoms with Crippen LogP contribution in [-0.4, -0.2) is 54.5 Å². The highest BCUT2D eigenvalue weighted by Crippen LogP contribution is 2.71. The van der Waals surface area contributed by atoms with Crippen LogP contribution < -0.4 is 4.90 Å². The SMILES string of the molecule is CN(C)c1cccc(C(C)(O)CC2(F)C(F)(F)C(F)(F)C(F)(F)C(F)(F)C2(F)F)c1. The fraction of sp³-hybridized carbons (Fsp3) is 0.647. The van der Waals surface area contributed by atoms with Crippen LogP contribution in [0.4, 0.5) is 54.0 Å². The van der Waals surface area contributed by atoms with E-state index in [1.54, 1.807) is 0 Å². The lowest BCUT2D eigenvalue weighted by atomic mass is 9.67. The molecule has 1 N–H and O–H groups in total. The Morgan fingerprint density at radius 1 is 0.767 bits per heavy atom. The average Bonchev–Trinajstić information content (AvgIpc) is 2.59. The second-order valence-electron chi connectivity index (χ2n) is 7.57. The number of nitrogens with zero attached hydrogens (tertiary/aromatic N) is 1. The smallest absolute Gasteiger partial charge is 0.384 e. The summed E-state index contributed by atoms with van der Waals surface area (Å²) in [6.07, 6.45) is -2.74. The lowest BCUT2D eigenvalue weighted by Gasteiger charge is -2.53. The number of hydrogen-bond acceptors (Lipinski definition) is 2. The highest BCUT2D eigenvalue weighted by atomic mass is 19.4. The first-order valence-corrected chi connectivity index (χ1v) is 8.20. The van der Waals surface area contributed by atoms with Gasteiger partial charge in [-0.1, -0.05) is 12.1 Å². The summed E-state index contributed by atoms with van der Waals surface area (Å²) in [6.45, 7) is 0.429. The fourth-order valence-electron chi connectivity index (χ4n) is 3.20. The normalized spacial score (nSPS) is 27.2. The Morgan fingerprint density at radius 3 is 1.57 bits per heavy atom. The topological polar surface area (TPSA) is 23.5 Å². The van der Waals surface area contributed by atoms with Crippen LogP contribution in [0.2, 0.25) is 0 Å². The van der Waals surface area contributed by atoms with Crippen LogP contribution in [0.15, 0.2) is 24.3 Å². The summed E-state index contributed by atoms with van der Waals surface area (Å²) < 4.78 is 152. The summed E-state index contributed by atoms with van der Waals surface area (Å²) in [5.41, 5.74) is -9.77. The Morgan fingerprint density at radius 2 is 1.17 bits per heavy atom. The molecule has 0 spiro atoms. The van der Waals surface area contributed by atoms with Gasteiger partial charge in [-0.3, -0.25) is 0 Å². The molecule has 1 aromatic rings. The van der Waals surface area contributed by atoms with E-state index in [9.17, 15) is 53.4 Å². The predicted octanol–water partition coefficient (Wildman–Crippen LogP) is 5.25. The molecule has 1 unspecified atom stereocenters. The first kappa shape index (κ1) is 24.5. The van der Waals surface area contributed by atoms with Gasteiger partial charge in [0.25, 0.3) is 5.67 Å². The molecule has 172 valence electrons. The molecule has 1 atom stereocenters.